The lowest BCUT2D eigenvalue weighted by Crippen LogP contribution is -2.07. The minimum Gasteiger partial charge on any atom is -0.388 e. The van der Waals surface area contributed by atoms with E-state index < -0.39 is 6.10 Å². The van der Waals surface area contributed by atoms with Gasteiger partial charge in [-0.1, -0.05) is 23.7 Å². The molecule has 0 fully saturated rings. The van der Waals surface area contributed by atoms with Gasteiger partial charge in [0.1, 0.15) is 0 Å². The van der Waals surface area contributed by atoms with Crippen molar-refractivity contribution >= 4 is 11.6 Å². The number of benzene rings is 1. The zero-order chi connectivity index (χ0) is 11.3. The molecular weight excluding hydrogens is 212 g/mol. The maximum Gasteiger partial charge on any atom is 0.0791 e. The highest BCUT2D eigenvalue weighted by Crippen LogP contribution is 2.22. The van der Waals surface area contributed by atoms with Gasteiger partial charge in [0.05, 0.1) is 12.2 Å². The van der Waals surface area contributed by atoms with Gasteiger partial charge in [0.15, 0.2) is 0 Å². The molecule has 0 spiro atoms. The quantitative estimate of drug-likeness (QED) is 0.839. The topological polar surface area (TPSA) is 29.5 Å². The molecule has 0 bridgehead atoms. The van der Waals surface area contributed by atoms with Crippen molar-refractivity contribution in [2.24, 2.45) is 0 Å². The van der Waals surface area contributed by atoms with Gasteiger partial charge in [-0.2, -0.15) is 0 Å². The average molecular weight is 229 g/mol. The summed E-state index contributed by atoms with van der Waals surface area (Å²) in [5, 5.41) is 10.5. The minimum atomic E-state index is -0.457. The minimum absolute atomic E-state index is 0.179. The Morgan fingerprint density at radius 3 is 2.73 bits per heavy atom. The first-order chi connectivity index (χ1) is 7.13. The monoisotopic (exact) mass is 228 g/mol. The van der Waals surface area contributed by atoms with E-state index >= 15 is 0 Å². The maximum absolute atomic E-state index is 9.88. The number of aliphatic hydroxyl groups is 1. The predicted molar refractivity (Wildman–Crippen MR) is 62.1 cm³/mol. The molecule has 3 heteroatoms. The lowest BCUT2D eigenvalue weighted by atomic mass is 10.0. The van der Waals surface area contributed by atoms with Crippen LogP contribution >= 0.6 is 11.6 Å². The fourth-order valence-electron chi connectivity index (χ4n) is 1.39. The van der Waals surface area contributed by atoms with Gasteiger partial charge in [0, 0.05) is 12.1 Å². The number of rotatable bonds is 5. The molecule has 0 aliphatic heterocycles. The van der Waals surface area contributed by atoms with E-state index in [1.807, 2.05) is 19.1 Å². The van der Waals surface area contributed by atoms with E-state index in [1.54, 1.807) is 19.2 Å². The van der Waals surface area contributed by atoms with Crippen LogP contribution in [-0.4, -0.2) is 18.3 Å². The second-order valence-electron chi connectivity index (χ2n) is 3.69. The van der Waals surface area contributed by atoms with Gasteiger partial charge in [-0.3, -0.25) is 0 Å². The molecule has 0 amide bonds. The fraction of sp³-hybridized carbons (Fsp3) is 0.500. The molecule has 0 heterocycles. The molecule has 2 unspecified atom stereocenters. The summed E-state index contributed by atoms with van der Waals surface area (Å²) in [6.45, 7) is 1.99. The van der Waals surface area contributed by atoms with Crippen LogP contribution in [0.3, 0.4) is 0 Å². The van der Waals surface area contributed by atoms with Crippen molar-refractivity contribution < 1.29 is 9.84 Å². The fourth-order valence-corrected chi connectivity index (χ4v) is 1.59. The summed E-state index contributed by atoms with van der Waals surface area (Å²) in [5.74, 6) is 0. The maximum atomic E-state index is 9.88. The molecule has 2 nitrogen and oxygen atoms in total. The Balaban J connectivity index is 2.50. The Labute approximate surface area is 95.8 Å². The van der Waals surface area contributed by atoms with Gasteiger partial charge in [0.25, 0.3) is 0 Å². The largest absolute Gasteiger partial charge is 0.388 e. The van der Waals surface area contributed by atoms with Crippen LogP contribution in [0, 0.1) is 0 Å². The molecule has 0 aliphatic rings. The third-order valence-electron chi connectivity index (χ3n) is 2.48. The Morgan fingerprint density at radius 2 is 2.13 bits per heavy atom. The second-order valence-corrected chi connectivity index (χ2v) is 4.13. The number of hydrogen-bond donors (Lipinski definition) is 1. The molecule has 1 aromatic carbocycles. The molecule has 0 aromatic heterocycles. The van der Waals surface area contributed by atoms with Gasteiger partial charge in [-0.15, -0.1) is 0 Å². The van der Waals surface area contributed by atoms with Crippen molar-refractivity contribution in [1.29, 1.82) is 0 Å². The van der Waals surface area contributed by atoms with Crippen LogP contribution in [0.1, 0.15) is 31.4 Å². The van der Waals surface area contributed by atoms with Gasteiger partial charge in [0.2, 0.25) is 0 Å². The van der Waals surface area contributed by atoms with Crippen molar-refractivity contribution in [1.82, 2.24) is 0 Å². The van der Waals surface area contributed by atoms with Crippen LogP contribution in [0.4, 0.5) is 0 Å². The lowest BCUT2D eigenvalue weighted by Gasteiger charge is -2.14. The number of methoxy groups -OCH3 is 1. The third kappa shape index (κ3) is 4.20. The molecular formula is C12H17ClO2. The number of hydrogen-bond acceptors (Lipinski definition) is 2. The van der Waals surface area contributed by atoms with Crippen LogP contribution in [0.5, 0.6) is 0 Å². The molecule has 15 heavy (non-hydrogen) atoms. The predicted octanol–water partition coefficient (Wildman–Crippen LogP) is 3.19. The molecule has 2 atom stereocenters. The van der Waals surface area contributed by atoms with Gasteiger partial charge < -0.3 is 9.84 Å². The van der Waals surface area contributed by atoms with Crippen molar-refractivity contribution in [2.45, 2.75) is 32.0 Å². The average Bonchev–Trinajstić information content (AvgIpc) is 2.25. The SMILES string of the molecule is COC(C)CCC(O)c1cccc(Cl)c1. The first-order valence-electron chi connectivity index (χ1n) is 5.10. The Morgan fingerprint density at radius 1 is 1.40 bits per heavy atom. The Hall–Kier alpha value is -0.570. The number of halogens is 1. The van der Waals surface area contributed by atoms with E-state index in [4.69, 9.17) is 16.3 Å². The summed E-state index contributed by atoms with van der Waals surface area (Å²) >= 11 is 5.84. The number of ether oxygens (including phenoxy) is 1. The highest BCUT2D eigenvalue weighted by Gasteiger charge is 2.09. The van der Waals surface area contributed by atoms with Gasteiger partial charge >= 0.3 is 0 Å². The zero-order valence-electron chi connectivity index (χ0n) is 9.11. The van der Waals surface area contributed by atoms with Crippen molar-refractivity contribution in [3.8, 4) is 0 Å². The van der Waals surface area contributed by atoms with E-state index in [-0.39, 0.29) is 6.10 Å². The standard InChI is InChI=1S/C12H17ClO2/c1-9(15-2)6-7-12(14)10-4-3-5-11(13)8-10/h3-5,8-9,12,14H,6-7H2,1-2H3. The van der Waals surface area contributed by atoms with E-state index in [0.717, 1.165) is 12.0 Å². The molecule has 0 aliphatic carbocycles. The first kappa shape index (κ1) is 12.5. The molecule has 0 saturated heterocycles. The van der Waals surface area contributed by atoms with E-state index in [0.29, 0.717) is 11.4 Å². The van der Waals surface area contributed by atoms with Crippen LogP contribution < -0.4 is 0 Å². The summed E-state index contributed by atoms with van der Waals surface area (Å²) in [6.07, 6.45) is 1.25. The second kappa shape index (κ2) is 6.11. The number of aliphatic hydroxyl groups excluding tert-OH is 1. The molecule has 84 valence electrons. The van der Waals surface area contributed by atoms with E-state index in [2.05, 4.69) is 0 Å². The highest BCUT2D eigenvalue weighted by molar-refractivity contribution is 6.30. The van der Waals surface area contributed by atoms with Crippen molar-refractivity contribution in [2.75, 3.05) is 7.11 Å². The summed E-state index contributed by atoms with van der Waals surface area (Å²) in [5.41, 5.74) is 0.866. The third-order valence-corrected chi connectivity index (χ3v) is 2.72. The molecule has 0 radical (unpaired) electrons. The molecule has 1 N–H and O–H groups in total. The molecule has 0 saturated carbocycles. The summed E-state index contributed by atoms with van der Waals surface area (Å²) in [7, 11) is 1.68. The summed E-state index contributed by atoms with van der Waals surface area (Å²) in [4.78, 5) is 0. The van der Waals surface area contributed by atoms with E-state index in [9.17, 15) is 5.11 Å². The van der Waals surface area contributed by atoms with E-state index in [1.165, 1.54) is 0 Å². The smallest absolute Gasteiger partial charge is 0.0791 e. The first-order valence-corrected chi connectivity index (χ1v) is 5.47. The molecule has 1 aromatic rings. The van der Waals surface area contributed by atoms with Crippen LogP contribution in [0.15, 0.2) is 24.3 Å². The van der Waals surface area contributed by atoms with Gasteiger partial charge in [-0.05, 0) is 37.5 Å². The lowest BCUT2D eigenvalue weighted by molar-refractivity contribution is 0.0851. The summed E-state index contributed by atoms with van der Waals surface area (Å²) < 4.78 is 5.12. The Kier molecular flexibility index (Phi) is 5.09. The zero-order valence-corrected chi connectivity index (χ0v) is 9.87. The van der Waals surface area contributed by atoms with Crippen molar-refractivity contribution in [3.05, 3.63) is 34.9 Å². The highest BCUT2D eigenvalue weighted by atomic mass is 35.5. The normalized spacial score (nSPS) is 14.9. The van der Waals surface area contributed by atoms with Crippen LogP contribution in [0.25, 0.3) is 0 Å². The van der Waals surface area contributed by atoms with Crippen molar-refractivity contribution in [3.63, 3.8) is 0 Å². The molecule has 1 rings (SSSR count). The van der Waals surface area contributed by atoms with Gasteiger partial charge in [-0.25, -0.2) is 0 Å². The summed E-state index contributed by atoms with van der Waals surface area (Å²) in [6, 6.07) is 7.33. The Bertz CT molecular complexity index is 301. The van der Waals surface area contributed by atoms with Crippen LogP contribution in [-0.2, 0) is 4.74 Å². The van der Waals surface area contributed by atoms with Crippen LogP contribution in [0.2, 0.25) is 5.02 Å².